The second-order valence-corrected chi connectivity index (χ2v) is 52.2. The van der Waals surface area contributed by atoms with Gasteiger partial charge in [-0.05, 0) is 210 Å². The van der Waals surface area contributed by atoms with Gasteiger partial charge in [0, 0.05) is 92.2 Å². The zero-order chi connectivity index (χ0) is 91.7. The zero-order valence-corrected chi connectivity index (χ0v) is 79.8. The van der Waals surface area contributed by atoms with Crippen LogP contribution in [0.25, 0.3) is 112 Å². The first-order chi connectivity index (χ1) is 59.3. The van der Waals surface area contributed by atoms with Crippen molar-refractivity contribution in [2.45, 2.75) is 148 Å². The minimum absolute atomic E-state index is 0.399. The summed E-state index contributed by atoms with van der Waals surface area (Å²) in [6.07, 6.45) is 9.28. The van der Waals surface area contributed by atoms with Crippen LogP contribution in [-0.4, -0.2) is 24.2 Å². The average Bonchev–Trinajstić information content (AvgIpc) is 0.746. The van der Waals surface area contributed by atoms with Gasteiger partial charge in [-0.1, -0.05) is 298 Å². The highest BCUT2D eigenvalue weighted by Gasteiger charge is 2.30. The van der Waals surface area contributed by atoms with E-state index in [1.165, 1.54) is 133 Å². The van der Waals surface area contributed by atoms with E-state index in [0.717, 1.165) is 44.8 Å². The molecule has 0 aliphatic carbocycles. The summed E-state index contributed by atoms with van der Waals surface area (Å²) in [6.45, 7) is 42.2. The van der Waals surface area contributed by atoms with E-state index in [1.807, 2.05) is 69.6 Å². The summed E-state index contributed by atoms with van der Waals surface area (Å²) in [4.78, 5) is 0. The Bertz CT molecular complexity index is 6190. The summed E-state index contributed by atoms with van der Waals surface area (Å²) in [5.41, 5.74) is 34.9. The minimum Gasteiger partial charge on any atom is -0.201 e. The van der Waals surface area contributed by atoms with Crippen molar-refractivity contribution >= 4 is 39.8 Å². The van der Waals surface area contributed by atoms with Gasteiger partial charge in [0.1, 0.15) is 35.2 Å². The molecule has 5 heterocycles. The van der Waals surface area contributed by atoms with E-state index >= 15 is 0 Å². The van der Waals surface area contributed by atoms with Crippen molar-refractivity contribution in [3.63, 3.8) is 0 Å². The Labute approximate surface area is 737 Å². The molecule has 5 nitrogen and oxygen atoms in total. The minimum atomic E-state index is -2.10. The van der Waals surface area contributed by atoms with Crippen LogP contribution in [0.5, 0.6) is 0 Å². The third-order valence-corrected chi connectivity index (χ3v) is 29.0. The van der Waals surface area contributed by atoms with Crippen molar-refractivity contribution in [3.05, 3.63) is 372 Å². The Morgan fingerprint density at radius 3 is 0.893 bits per heavy atom. The Morgan fingerprint density at radius 1 is 0.264 bits per heavy atom. The van der Waals surface area contributed by atoms with E-state index in [9.17, 15) is 0 Å². The molecule has 5 aromatic heterocycles. The first-order valence-corrected chi connectivity index (χ1v) is 53.1. The molecule has 15 rings (SSSR count). The van der Waals surface area contributed by atoms with Gasteiger partial charge in [-0.25, -0.2) is 22.8 Å². The molecule has 0 spiro atoms. The first kappa shape index (κ1) is 83.3. The number of rotatable bonds is 14. The summed E-state index contributed by atoms with van der Waals surface area (Å²) in [7, 11) is 6.05. The molecular formula is C113H132N5Si3+5. The van der Waals surface area contributed by atoms with Gasteiger partial charge >= 0.3 is 0 Å². The van der Waals surface area contributed by atoms with E-state index in [0.29, 0.717) is 5.56 Å². The molecule has 0 atom stereocenters. The van der Waals surface area contributed by atoms with Crippen LogP contribution in [0.2, 0.25) is 58.9 Å². The third kappa shape index (κ3) is 23.2. The summed E-state index contributed by atoms with van der Waals surface area (Å²) in [5, 5.41) is 4.22. The second kappa shape index (κ2) is 39.0. The molecule has 0 aliphatic rings. The fraction of sp³-hybridized carbons (Fsp3) is 0.248. The quantitative estimate of drug-likeness (QED) is 0.0764. The second-order valence-electron chi connectivity index (χ2n) is 37.0. The molecule has 8 heteroatoms. The summed E-state index contributed by atoms with van der Waals surface area (Å²) in [5.74, 6) is 0. The first-order valence-electron chi connectivity index (χ1n) is 45.1. The smallest absolute Gasteiger partial charge is 0.201 e. The van der Waals surface area contributed by atoms with E-state index in [-0.39, 0.29) is 0 Å². The van der Waals surface area contributed by atoms with Gasteiger partial charge in [-0.3, -0.25) is 0 Å². The van der Waals surface area contributed by atoms with Gasteiger partial charge in [-0.15, -0.1) is 0 Å². The number of pyridine rings is 5. The molecule has 0 saturated carbocycles. The highest BCUT2D eigenvalue weighted by atomic mass is 28.3. The maximum absolute atomic E-state index is 9.08. The Morgan fingerprint density at radius 2 is 0.570 bits per heavy atom. The lowest BCUT2D eigenvalue weighted by Gasteiger charge is -2.25. The number of hydrogen-bond acceptors (Lipinski definition) is 0. The topological polar surface area (TPSA) is 19.4 Å². The van der Waals surface area contributed by atoms with Crippen LogP contribution < -0.4 is 38.4 Å². The molecule has 0 aliphatic heterocycles. The monoisotopic (exact) mass is 1650 g/mol. The van der Waals surface area contributed by atoms with Gasteiger partial charge < -0.3 is 0 Å². The van der Waals surface area contributed by atoms with Crippen LogP contribution in [0.1, 0.15) is 83.3 Å². The Kier molecular flexibility index (Phi) is 26.8. The average molecular weight is 1650 g/mol. The predicted octanol–water partition coefficient (Wildman–Crippen LogP) is 25.2. The van der Waals surface area contributed by atoms with Crippen molar-refractivity contribution in [2.75, 3.05) is 0 Å². The van der Waals surface area contributed by atoms with Crippen LogP contribution >= 0.6 is 0 Å². The maximum atomic E-state index is 9.08. The molecular weight excluding hydrogens is 1510 g/mol. The van der Waals surface area contributed by atoms with E-state index in [4.69, 9.17) is 6.85 Å². The zero-order valence-electron chi connectivity index (χ0n) is 81.8. The molecule has 0 saturated heterocycles. The molecule has 0 unspecified atom stereocenters. The van der Waals surface area contributed by atoms with Crippen LogP contribution in [0.15, 0.2) is 316 Å². The number of aryl methyl sites for hydroxylation is 14. The number of nitrogens with zero attached hydrogens (tertiary/aromatic N) is 5. The SMILES string of the molecule is Cc1cc[n+](C)c(-c2cc(-c3ccccc3)ccc2C)c1.Cc1ccc(-c2ccccc2)cc1-c1cc(C)c([Si](C)(C)C)c[n+]1C.Cc1ccc(-c2ccccc2)cc1-c1ccc([Si](C)(C)C)c[n+]1C.[2H]C([2H])([2H])c1c[n+](C)c(-c2cc(-c3ccccc3)ccc2C)cc1C.[2H]C([2H])(c1cc(-c2cc(-c3ccccc3)ccc2C)[n+](C)cc1[Si](C)(C)C)C(C)(C)C. The molecule has 0 bridgehead atoms. The number of aromatic nitrogens is 5. The van der Waals surface area contributed by atoms with Crippen LogP contribution in [0.3, 0.4) is 0 Å². The summed E-state index contributed by atoms with van der Waals surface area (Å²) in [6, 6.07) is 101. The lowest BCUT2D eigenvalue weighted by atomic mass is 9.87. The van der Waals surface area contributed by atoms with Crippen molar-refractivity contribution in [1.82, 2.24) is 0 Å². The molecule has 15 aromatic rings. The molecule has 616 valence electrons. The predicted molar refractivity (Wildman–Crippen MR) is 527 cm³/mol. The van der Waals surface area contributed by atoms with Crippen molar-refractivity contribution in [1.29, 1.82) is 0 Å². The molecule has 0 N–H and O–H groups in total. The van der Waals surface area contributed by atoms with Crippen LogP contribution in [0.4, 0.5) is 0 Å². The number of benzene rings is 10. The molecule has 0 radical (unpaired) electrons. The van der Waals surface area contributed by atoms with E-state index in [1.54, 1.807) is 6.20 Å². The van der Waals surface area contributed by atoms with Crippen LogP contribution in [-0.2, 0) is 41.6 Å². The molecule has 0 fully saturated rings. The van der Waals surface area contributed by atoms with Gasteiger partial charge in [-0.2, -0.15) is 0 Å². The van der Waals surface area contributed by atoms with Crippen molar-refractivity contribution in [2.24, 2.45) is 40.7 Å². The highest BCUT2D eigenvalue weighted by molar-refractivity contribution is 6.89. The molecule has 10 aromatic carbocycles. The Balaban J connectivity index is 0.000000154. The van der Waals surface area contributed by atoms with Crippen molar-refractivity contribution in [3.8, 4) is 112 Å². The lowest BCUT2D eigenvalue weighted by molar-refractivity contribution is -0.660. The van der Waals surface area contributed by atoms with E-state index < -0.39 is 42.9 Å². The molecule has 0 amide bonds. The fourth-order valence-electron chi connectivity index (χ4n) is 15.7. The van der Waals surface area contributed by atoms with Gasteiger partial charge in [0.05, 0.1) is 24.2 Å². The fourth-order valence-corrected chi connectivity index (χ4v) is 20.2. The standard InChI is InChI=1S/C27H36NSi.C23H28NSi.C22H26NSi.C21H22N.C20H20N/c1-20-14-15-22(21-12-10-9-11-13-21)16-24(20)25-17-23(18-27(2,3)4)26(19-28(25)5)29(6,7)8;1-17-12-13-20(19-10-8-7-9-11-19)15-21(17)22-14-18(2)23(16-24(22)3)25(4,5)6;1-17-11-12-19(18-9-7-6-8-10-18)15-21(17)22-14-13-20(16-23(22)2)24(3,4)5;1-15-10-11-19(18-8-6-5-7-9-18)13-20(15)21-12-16(2)17(3)14-22(21)4;1-15-11-12-21(3)20(13-15)19-14-18(10-9-16(19)2)17-7-5-4-6-8-17/h9-17,19H,18H2,1-8H3;7-16H,1-6H3;6-16H,1-5H3;5-14H,1-4H3;4-14H,1-3H3/q5*+1/i18D2;;;3D3;. The normalized spacial score (nSPS) is 12.3. The maximum Gasteiger partial charge on any atom is 0.212 e. The third-order valence-electron chi connectivity index (χ3n) is 22.8. The molecule has 121 heavy (non-hydrogen) atoms. The van der Waals surface area contributed by atoms with Gasteiger partial charge in [0.25, 0.3) is 0 Å². The highest BCUT2D eigenvalue weighted by Crippen LogP contribution is 2.35. The van der Waals surface area contributed by atoms with E-state index in [2.05, 4.69) is 433 Å². The van der Waals surface area contributed by atoms with Gasteiger partial charge in [0.15, 0.2) is 31.0 Å². The largest absolute Gasteiger partial charge is 0.212 e. The lowest BCUT2D eigenvalue weighted by Crippen LogP contribution is -2.47. The summed E-state index contributed by atoms with van der Waals surface area (Å²) >= 11 is 0. The van der Waals surface area contributed by atoms with Gasteiger partial charge in [0.2, 0.25) is 28.5 Å². The van der Waals surface area contributed by atoms with Crippen molar-refractivity contribution < 1.29 is 29.7 Å². The number of hydrogen-bond donors (Lipinski definition) is 0. The Hall–Kier alpha value is -11.4. The summed E-state index contributed by atoms with van der Waals surface area (Å²) < 4.78 is 52.1. The van der Waals surface area contributed by atoms with Crippen LogP contribution in [0, 0.1) is 67.7 Å².